The number of benzene rings is 2. The van der Waals surface area contributed by atoms with Crippen LogP contribution in [0.1, 0.15) is 57.5 Å². The number of hydrogen-bond acceptors (Lipinski definition) is 5. The lowest BCUT2D eigenvalue weighted by atomic mass is 9.81. The fourth-order valence-corrected chi connectivity index (χ4v) is 5.98. The summed E-state index contributed by atoms with van der Waals surface area (Å²) >= 11 is 3.72. The van der Waals surface area contributed by atoms with Crippen molar-refractivity contribution in [1.82, 2.24) is 0 Å². The molecule has 2 heterocycles. The monoisotopic (exact) mass is 542 g/mol. The molecule has 0 radical (unpaired) electrons. The van der Waals surface area contributed by atoms with Crippen LogP contribution in [0.15, 0.2) is 82.6 Å². The fraction of sp³-hybridized carbons (Fsp3) is 0.276. The Morgan fingerprint density at radius 1 is 0.833 bits per heavy atom. The van der Waals surface area contributed by atoms with Crippen LogP contribution in [0.25, 0.3) is 21.7 Å². The maximum Gasteiger partial charge on any atom is 0.239 e. The first-order valence-electron chi connectivity index (χ1n) is 11.5. The Balaban J connectivity index is 0.000000658. The quantitative estimate of drug-likeness (QED) is 0.431. The molecule has 0 atom stereocenters. The number of allylic oxidation sites excluding steroid dienone is 4. The number of fused-ring (bicyclic) bond motifs is 2. The Morgan fingerprint density at radius 3 is 2.08 bits per heavy atom. The van der Waals surface area contributed by atoms with E-state index in [4.69, 9.17) is 18.6 Å². The van der Waals surface area contributed by atoms with Crippen molar-refractivity contribution in [2.75, 3.05) is 0 Å². The van der Waals surface area contributed by atoms with E-state index in [0.717, 1.165) is 0 Å². The van der Waals surface area contributed by atoms with Crippen molar-refractivity contribution < 1.29 is 28.9 Å². The first-order valence-corrected chi connectivity index (χ1v) is 14.4. The van der Waals surface area contributed by atoms with Crippen LogP contribution in [-0.4, -0.2) is 0 Å². The van der Waals surface area contributed by atoms with Crippen LogP contribution in [0.2, 0.25) is 0 Å². The first kappa shape index (κ1) is 28.5. The van der Waals surface area contributed by atoms with E-state index < -0.39 is 10.2 Å². The van der Waals surface area contributed by atoms with E-state index in [2.05, 4.69) is 120 Å². The summed E-state index contributed by atoms with van der Waals surface area (Å²) in [6.45, 7) is 13.8. The van der Waals surface area contributed by atoms with Gasteiger partial charge in [0.2, 0.25) is 20.9 Å². The molecule has 0 spiro atoms. The number of hydrogen-bond donors (Lipinski definition) is 0. The normalized spacial score (nSPS) is 15.5. The van der Waals surface area contributed by atoms with Crippen molar-refractivity contribution in [2.24, 2.45) is 5.41 Å². The van der Waals surface area contributed by atoms with Gasteiger partial charge in [-0.25, -0.2) is 18.6 Å². The summed E-state index contributed by atoms with van der Waals surface area (Å²) in [6.07, 6.45) is 9.08. The third-order valence-corrected chi connectivity index (χ3v) is 7.65. The Morgan fingerprint density at radius 2 is 1.44 bits per heavy atom. The summed E-state index contributed by atoms with van der Waals surface area (Å²) in [6, 6.07) is 19.9. The molecule has 2 aromatic carbocycles. The molecular formula is C29H31ClO4S2. The molecule has 0 bridgehead atoms. The standard InChI is InChI=1S/C29H31S2.ClHO4/c1-28(2,3)24-18-20(30-26-16-9-7-14-22(24)26)12-11-13-21-19-25(29(4,5)6)23-15-8-10-17-27(23)31-21;2-1(3,4)5/h7-19H,1-6H3;(H,2,3,4,5)/q+1;/p-1. The lowest BCUT2D eigenvalue weighted by Crippen LogP contribution is -2.68. The Hall–Kier alpha value is -2.03. The van der Waals surface area contributed by atoms with Crippen LogP contribution in [-0.2, 0) is 5.41 Å². The van der Waals surface area contributed by atoms with Gasteiger partial charge in [-0.1, -0.05) is 89.7 Å². The second-order valence-corrected chi connectivity index (χ2v) is 13.5. The largest absolute Gasteiger partial charge is 0.239 e. The molecule has 7 heteroatoms. The maximum atomic E-state index is 8.49. The minimum absolute atomic E-state index is 0.113. The molecule has 0 unspecified atom stereocenters. The molecule has 0 saturated carbocycles. The van der Waals surface area contributed by atoms with Gasteiger partial charge < -0.3 is 0 Å². The molecule has 0 saturated heterocycles. The Bertz CT molecular complexity index is 1320. The predicted octanol–water partition coefficient (Wildman–Crippen LogP) is 4.86. The van der Waals surface area contributed by atoms with Crippen molar-refractivity contribution in [3.05, 3.63) is 93.7 Å². The smallest absolute Gasteiger partial charge is 0.222 e. The predicted molar refractivity (Wildman–Crippen MR) is 142 cm³/mol. The SMILES string of the molecule is CC(C)(C)C1=C/C(=C/C=C\c2cc(C(C)(C)C)c3ccccc3[s+]2)Sc2ccccc21.[O-][Cl+3]([O-])([O-])[O-]. The second kappa shape index (κ2) is 11.2. The van der Waals surface area contributed by atoms with Gasteiger partial charge in [-0.05, 0) is 51.8 Å². The highest BCUT2D eigenvalue weighted by Gasteiger charge is 2.25. The van der Waals surface area contributed by atoms with Gasteiger partial charge in [0.15, 0.2) is 0 Å². The van der Waals surface area contributed by atoms with E-state index >= 15 is 0 Å². The maximum absolute atomic E-state index is 8.49. The van der Waals surface area contributed by atoms with Crippen molar-refractivity contribution in [1.29, 1.82) is 0 Å². The van der Waals surface area contributed by atoms with E-state index in [1.807, 2.05) is 23.1 Å². The average molecular weight is 543 g/mol. The topological polar surface area (TPSA) is 92.2 Å². The number of rotatable bonds is 2. The molecule has 0 N–H and O–H groups in total. The Labute approximate surface area is 224 Å². The lowest BCUT2D eigenvalue weighted by Gasteiger charge is -2.28. The zero-order chi connectivity index (χ0) is 26.7. The van der Waals surface area contributed by atoms with Crippen molar-refractivity contribution in [3.8, 4) is 0 Å². The number of thioether (sulfide) groups is 1. The summed E-state index contributed by atoms with van der Waals surface area (Å²) < 4.78 is 35.3. The summed E-state index contributed by atoms with van der Waals surface area (Å²) in [5, 5.41) is 1.37. The van der Waals surface area contributed by atoms with E-state index in [9.17, 15) is 0 Å². The van der Waals surface area contributed by atoms with E-state index in [1.54, 1.807) is 0 Å². The van der Waals surface area contributed by atoms with Gasteiger partial charge in [0, 0.05) is 33.4 Å². The van der Waals surface area contributed by atoms with Crippen molar-refractivity contribution in [3.63, 3.8) is 0 Å². The van der Waals surface area contributed by atoms with Crippen LogP contribution in [0.3, 0.4) is 0 Å². The van der Waals surface area contributed by atoms with Crippen LogP contribution >= 0.6 is 23.1 Å². The summed E-state index contributed by atoms with van der Waals surface area (Å²) in [7, 11) is -4.94. The number of halogens is 1. The van der Waals surface area contributed by atoms with Gasteiger partial charge in [-0.2, -0.15) is 0 Å². The van der Waals surface area contributed by atoms with Gasteiger partial charge in [0.1, 0.15) is 0 Å². The molecule has 190 valence electrons. The van der Waals surface area contributed by atoms with E-state index in [0.29, 0.717) is 0 Å². The van der Waals surface area contributed by atoms with Gasteiger partial charge in [-0.3, -0.25) is 0 Å². The zero-order valence-electron chi connectivity index (χ0n) is 21.3. The van der Waals surface area contributed by atoms with E-state index in [1.165, 1.54) is 41.5 Å². The Kier molecular flexibility index (Phi) is 8.84. The molecule has 4 rings (SSSR count). The molecule has 36 heavy (non-hydrogen) atoms. The third kappa shape index (κ3) is 7.98. The van der Waals surface area contributed by atoms with Gasteiger partial charge >= 0.3 is 0 Å². The van der Waals surface area contributed by atoms with E-state index in [-0.39, 0.29) is 10.8 Å². The van der Waals surface area contributed by atoms with Crippen LogP contribution in [0.4, 0.5) is 0 Å². The summed E-state index contributed by atoms with van der Waals surface area (Å²) in [5.41, 5.74) is 4.41. The highest BCUT2D eigenvalue weighted by molar-refractivity contribution is 8.03. The van der Waals surface area contributed by atoms with Gasteiger partial charge in [0.05, 0.1) is 0 Å². The van der Waals surface area contributed by atoms with Crippen LogP contribution in [0, 0.1) is 15.7 Å². The zero-order valence-corrected chi connectivity index (χ0v) is 23.7. The molecule has 1 aliphatic rings. The molecule has 1 aliphatic heterocycles. The summed E-state index contributed by atoms with van der Waals surface area (Å²) in [4.78, 5) is 3.93. The van der Waals surface area contributed by atoms with Gasteiger partial charge in [-0.15, -0.1) is 10.2 Å². The first-order chi connectivity index (χ1) is 16.6. The minimum Gasteiger partial charge on any atom is -0.222 e. The lowest BCUT2D eigenvalue weighted by molar-refractivity contribution is -2.00. The van der Waals surface area contributed by atoms with Crippen LogP contribution in [0.5, 0.6) is 0 Å². The van der Waals surface area contributed by atoms with Crippen molar-refractivity contribution >= 4 is 44.8 Å². The molecule has 0 aliphatic carbocycles. The highest BCUT2D eigenvalue weighted by atomic mass is 35.7. The van der Waals surface area contributed by atoms with Crippen LogP contribution < -0.4 is 18.6 Å². The molecule has 1 aromatic heterocycles. The fourth-order valence-electron chi connectivity index (χ4n) is 3.95. The molecular weight excluding hydrogens is 512 g/mol. The second-order valence-electron chi connectivity index (χ2n) is 10.5. The van der Waals surface area contributed by atoms with Crippen molar-refractivity contribution in [2.45, 2.75) is 51.9 Å². The van der Waals surface area contributed by atoms with Gasteiger partial charge in [0.25, 0.3) is 0 Å². The highest BCUT2D eigenvalue weighted by Crippen LogP contribution is 2.46. The molecule has 0 amide bonds. The molecule has 3 aromatic rings. The average Bonchev–Trinajstić information content (AvgIpc) is 2.75. The summed E-state index contributed by atoms with van der Waals surface area (Å²) in [5.74, 6) is 0. The molecule has 0 fully saturated rings. The minimum atomic E-state index is -4.94. The third-order valence-electron chi connectivity index (χ3n) is 5.52. The molecule has 4 nitrogen and oxygen atoms in total.